The van der Waals surface area contributed by atoms with Crippen molar-refractivity contribution in [3.05, 3.63) is 94.8 Å². The Morgan fingerprint density at radius 2 is 1.90 bits per heavy atom. The second-order valence-electron chi connectivity index (χ2n) is 7.65. The van der Waals surface area contributed by atoms with Crippen molar-refractivity contribution in [2.24, 2.45) is 0 Å². The summed E-state index contributed by atoms with van der Waals surface area (Å²) < 4.78 is 13.0. The van der Waals surface area contributed by atoms with Crippen LogP contribution in [0.4, 0.5) is 4.39 Å². The van der Waals surface area contributed by atoms with Gasteiger partial charge in [-0.1, -0.05) is 42.5 Å². The average molecular weight is 404 g/mol. The van der Waals surface area contributed by atoms with Crippen LogP contribution in [0.3, 0.4) is 0 Å². The van der Waals surface area contributed by atoms with E-state index >= 15 is 0 Å². The predicted octanol–water partition coefficient (Wildman–Crippen LogP) is 4.19. The number of benzene rings is 2. The molecule has 6 heteroatoms. The fourth-order valence-corrected chi connectivity index (χ4v) is 3.87. The maximum Gasteiger partial charge on any atom is 0.254 e. The highest BCUT2D eigenvalue weighted by Crippen LogP contribution is 2.31. The van der Waals surface area contributed by atoms with Crippen molar-refractivity contribution in [1.82, 2.24) is 20.2 Å². The highest BCUT2D eigenvalue weighted by atomic mass is 19.1. The Morgan fingerprint density at radius 3 is 2.63 bits per heavy atom. The second kappa shape index (κ2) is 9.13. The average Bonchev–Trinajstić information content (AvgIpc) is 3.22. The molecule has 1 amide bonds. The number of amides is 1. The molecule has 30 heavy (non-hydrogen) atoms. The summed E-state index contributed by atoms with van der Waals surface area (Å²) in [5.74, 6) is 0.255. The molecule has 2 heterocycles. The monoisotopic (exact) mass is 404 g/mol. The number of likely N-dealkylation sites (tertiary alicyclic amines) is 1. The lowest BCUT2D eigenvalue weighted by molar-refractivity contribution is 0.0949. The highest BCUT2D eigenvalue weighted by molar-refractivity contribution is 5.94. The molecule has 0 aliphatic carbocycles. The first kappa shape index (κ1) is 20.2. The number of nitrogens with zero attached hydrogens (tertiary/aromatic N) is 3. The van der Waals surface area contributed by atoms with E-state index in [1.807, 2.05) is 13.0 Å². The molecule has 154 valence electrons. The van der Waals surface area contributed by atoms with Crippen LogP contribution in [0, 0.1) is 12.7 Å². The summed E-state index contributed by atoms with van der Waals surface area (Å²) in [5, 5.41) is 2.85. The van der Waals surface area contributed by atoms with Gasteiger partial charge in [0.2, 0.25) is 0 Å². The molecule has 4 rings (SSSR count). The first-order chi connectivity index (χ1) is 14.6. The topological polar surface area (TPSA) is 58.1 Å². The third-order valence-electron chi connectivity index (χ3n) is 5.50. The molecule has 1 aliphatic rings. The molecule has 0 bridgehead atoms. The fraction of sp³-hybridized carbons (Fsp3) is 0.292. The zero-order valence-corrected chi connectivity index (χ0v) is 17.0. The summed E-state index contributed by atoms with van der Waals surface area (Å²) in [6.07, 6.45) is 3.75. The first-order valence-electron chi connectivity index (χ1n) is 10.2. The molecule has 0 saturated carbocycles. The number of halogens is 1. The molecule has 1 aliphatic heterocycles. The molecule has 1 fully saturated rings. The molecular weight excluding hydrogens is 379 g/mol. The van der Waals surface area contributed by atoms with E-state index in [1.54, 1.807) is 18.3 Å². The maximum absolute atomic E-state index is 13.0. The van der Waals surface area contributed by atoms with Crippen molar-refractivity contribution >= 4 is 5.91 Å². The Bertz CT molecular complexity index is 1010. The van der Waals surface area contributed by atoms with Crippen molar-refractivity contribution in [2.75, 3.05) is 6.54 Å². The van der Waals surface area contributed by atoms with Gasteiger partial charge in [0.25, 0.3) is 5.91 Å². The van der Waals surface area contributed by atoms with Crippen LogP contribution in [0.5, 0.6) is 0 Å². The Balaban J connectivity index is 1.43. The van der Waals surface area contributed by atoms with Crippen LogP contribution in [0.2, 0.25) is 0 Å². The quantitative estimate of drug-likeness (QED) is 0.669. The molecule has 1 atom stereocenters. The Morgan fingerprint density at radius 1 is 1.13 bits per heavy atom. The minimum atomic E-state index is -0.293. The molecule has 2 aromatic carbocycles. The van der Waals surface area contributed by atoms with E-state index in [-0.39, 0.29) is 17.8 Å². The molecule has 0 unspecified atom stereocenters. The van der Waals surface area contributed by atoms with Gasteiger partial charge in [-0.15, -0.1) is 0 Å². The third kappa shape index (κ3) is 4.71. The van der Waals surface area contributed by atoms with E-state index in [0.29, 0.717) is 17.8 Å². The van der Waals surface area contributed by atoms with Gasteiger partial charge < -0.3 is 5.32 Å². The maximum atomic E-state index is 13.0. The van der Waals surface area contributed by atoms with Gasteiger partial charge in [-0.05, 0) is 49.6 Å². The number of aryl methyl sites for hydroxylation is 1. The first-order valence-corrected chi connectivity index (χ1v) is 10.2. The van der Waals surface area contributed by atoms with Crippen LogP contribution in [0.1, 0.15) is 51.9 Å². The Labute approximate surface area is 176 Å². The number of rotatable bonds is 6. The molecule has 0 spiro atoms. The zero-order chi connectivity index (χ0) is 20.9. The van der Waals surface area contributed by atoms with E-state index in [4.69, 9.17) is 0 Å². The van der Waals surface area contributed by atoms with E-state index in [2.05, 4.69) is 44.5 Å². The lowest BCUT2D eigenvalue weighted by Crippen LogP contribution is -2.27. The van der Waals surface area contributed by atoms with Gasteiger partial charge in [-0.2, -0.15) is 0 Å². The smallest absolute Gasteiger partial charge is 0.254 e. The number of carbonyl (C=O) groups is 1. The van der Waals surface area contributed by atoms with Crippen molar-refractivity contribution in [3.8, 4) is 0 Å². The minimum absolute atomic E-state index is 0.167. The summed E-state index contributed by atoms with van der Waals surface area (Å²) in [6.45, 7) is 4.05. The summed E-state index contributed by atoms with van der Waals surface area (Å²) in [4.78, 5) is 24.2. The molecule has 0 radical (unpaired) electrons. The molecule has 5 nitrogen and oxygen atoms in total. The number of hydrogen-bond donors (Lipinski definition) is 1. The van der Waals surface area contributed by atoms with Gasteiger partial charge in [-0.25, -0.2) is 14.4 Å². The van der Waals surface area contributed by atoms with Gasteiger partial charge in [0.15, 0.2) is 0 Å². The predicted molar refractivity (Wildman–Crippen MR) is 113 cm³/mol. The summed E-state index contributed by atoms with van der Waals surface area (Å²) >= 11 is 0. The van der Waals surface area contributed by atoms with E-state index in [9.17, 15) is 9.18 Å². The molecule has 3 aromatic rings. The van der Waals surface area contributed by atoms with Crippen LogP contribution < -0.4 is 5.32 Å². The SMILES string of the molecule is Cc1nc([C@@H]2CCCN2Cc2ccccc2)ncc1C(=O)NCc1ccc(F)cc1. The van der Waals surface area contributed by atoms with E-state index < -0.39 is 0 Å². The second-order valence-corrected chi connectivity index (χ2v) is 7.65. The third-order valence-corrected chi connectivity index (χ3v) is 5.50. The molecule has 1 saturated heterocycles. The summed E-state index contributed by atoms with van der Waals surface area (Å²) in [6, 6.07) is 16.7. The number of hydrogen-bond acceptors (Lipinski definition) is 4. The number of nitrogens with one attached hydrogen (secondary N) is 1. The van der Waals surface area contributed by atoms with Crippen LogP contribution in [-0.4, -0.2) is 27.3 Å². The largest absolute Gasteiger partial charge is 0.348 e. The fourth-order valence-electron chi connectivity index (χ4n) is 3.87. The van der Waals surface area contributed by atoms with Crippen molar-refractivity contribution in [1.29, 1.82) is 0 Å². The molecule has 1 N–H and O–H groups in total. The minimum Gasteiger partial charge on any atom is -0.348 e. The van der Waals surface area contributed by atoms with Crippen LogP contribution in [0.15, 0.2) is 60.8 Å². The lowest BCUT2D eigenvalue weighted by Gasteiger charge is -2.23. The molecular formula is C24H25FN4O. The Kier molecular flexibility index (Phi) is 6.14. The Hall–Kier alpha value is -3.12. The van der Waals surface area contributed by atoms with Gasteiger partial charge in [0.1, 0.15) is 11.6 Å². The van der Waals surface area contributed by atoms with Crippen molar-refractivity contribution in [2.45, 2.75) is 38.9 Å². The van der Waals surface area contributed by atoms with Gasteiger partial charge in [0, 0.05) is 19.3 Å². The van der Waals surface area contributed by atoms with Crippen LogP contribution >= 0.6 is 0 Å². The normalized spacial score (nSPS) is 16.5. The van der Waals surface area contributed by atoms with Gasteiger partial charge >= 0.3 is 0 Å². The van der Waals surface area contributed by atoms with Gasteiger partial charge in [0.05, 0.1) is 17.3 Å². The number of aromatic nitrogens is 2. The van der Waals surface area contributed by atoms with Crippen molar-refractivity contribution < 1.29 is 9.18 Å². The molecule has 1 aromatic heterocycles. The highest BCUT2D eigenvalue weighted by Gasteiger charge is 2.28. The lowest BCUT2D eigenvalue weighted by atomic mass is 10.1. The standard InChI is InChI=1S/C24H25FN4O/c1-17-21(24(30)27-14-18-9-11-20(25)12-10-18)15-26-23(28-17)22-8-5-13-29(22)16-19-6-3-2-4-7-19/h2-4,6-7,9-12,15,22H,5,8,13-14,16H2,1H3,(H,27,30)/t22-/m0/s1. The van der Waals surface area contributed by atoms with Gasteiger partial charge in [-0.3, -0.25) is 9.69 Å². The van der Waals surface area contributed by atoms with E-state index in [0.717, 1.165) is 37.3 Å². The summed E-state index contributed by atoms with van der Waals surface area (Å²) in [5.41, 5.74) is 3.25. The van der Waals surface area contributed by atoms with Crippen LogP contribution in [-0.2, 0) is 13.1 Å². The van der Waals surface area contributed by atoms with E-state index in [1.165, 1.54) is 17.7 Å². The number of carbonyl (C=O) groups excluding carboxylic acids is 1. The zero-order valence-electron chi connectivity index (χ0n) is 17.0. The van der Waals surface area contributed by atoms with Crippen molar-refractivity contribution in [3.63, 3.8) is 0 Å². The van der Waals surface area contributed by atoms with Crippen LogP contribution in [0.25, 0.3) is 0 Å². The summed E-state index contributed by atoms with van der Waals surface area (Å²) in [7, 11) is 0.